The lowest BCUT2D eigenvalue weighted by Crippen LogP contribution is -2.19. The predicted molar refractivity (Wildman–Crippen MR) is 83.5 cm³/mol. The van der Waals surface area contributed by atoms with Gasteiger partial charge in [-0.25, -0.2) is 0 Å². The number of ether oxygens (including phenoxy) is 1. The SMILES string of the molecule is O[C@@H]1CC(c2cc(Cl)ccc2Br)Oc2ccc(Cl)cc21. The summed E-state index contributed by atoms with van der Waals surface area (Å²) in [7, 11) is 0. The van der Waals surface area contributed by atoms with Crippen LogP contribution >= 0.6 is 39.1 Å². The minimum Gasteiger partial charge on any atom is -0.485 e. The molecule has 2 aromatic rings. The number of halogens is 3. The van der Waals surface area contributed by atoms with Gasteiger partial charge < -0.3 is 9.84 Å². The molecule has 0 bridgehead atoms. The molecule has 0 fully saturated rings. The maximum absolute atomic E-state index is 10.3. The molecule has 2 atom stereocenters. The molecule has 1 unspecified atom stereocenters. The molecular weight excluding hydrogens is 363 g/mol. The highest BCUT2D eigenvalue weighted by molar-refractivity contribution is 9.10. The van der Waals surface area contributed by atoms with Gasteiger partial charge in [-0.3, -0.25) is 0 Å². The fraction of sp³-hybridized carbons (Fsp3) is 0.200. The number of fused-ring (bicyclic) bond motifs is 1. The van der Waals surface area contributed by atoms with Gasteiger partial charge in [0.15, 0.2) is 0 Å². The third kappa shape index (κ3) is 2.68. The first-order valence-corrected chi connectivity index (χ1v) is 7.68. The first kappa shape index (κ1) is 14.2. The molecule has 0 spiro atoms. The van der Waals surface area contributed by atoms with Crippen molar-refractivity contribution in [2.45, 2.75) is 18.6 Å². The molecule has 1 aliphatic heterocycles. The molecule has 0 radical (unpaired) electrons. The normalized spacial score (nSPS) is 21.2. The van der Waals surface area contributed by atoms with Gasteiger partial charge in [-0.1, -0.05) is 39.1 Å². The Morgan fingerprint density at radius 2 is 1.70 bits per heavy atom. The molecule has 1 N–H and O–H groups in total. The minimum absolute atomic E-state index is 0.244. The van der Waals surface area contributed by atoms with Gasteiger partial charge in [0.2, 0.25) is 0 Å². The van der Waals surface area contributed by atoms with Gasteiger partial charge in [0.05, 0.1) is 6.10 Å². The summed E-state index contributed by atoms with van der Waals surface area (Å²) in [5, 5.41) is 11.5. The van der Waals surface area contributed by atoms with Crippen LogP contribution in [-0.2, 0) is 0 Å². The molecule has 1 aliphatic rings. The number of hydrogen-bond donors (Lipinski definition) is 1. The zero-order valence-electron chi connectivity index (χ0n) is 10.3. The van der Waals surface area contributed by atoms with Crippen LogP contribution in [0.2, 0.25) is 10.0 Å². The van der Waals surface area contributed by atoms with Crippen LogP contribution in [0, 0.1) is 0 Å². The van der Waals surface area contributed by atoms with E-state index in [1.54, 1.807) is 18.2 Å². The van der Waals surface area contributed by atoms with Crippen molar-refractivity contribution in [3.8, 4) is 5.75 Å². The molecule has 1 heterocycles. The van der Waals surface area contributed by atoms with E-state index in [1.165, 1.54) is 0 Å². The van der Waals surface area contributed by atoms with E-state index in [2.05, 4.69) is 15.9 Å². The van der Waals surface area contributed by atoms with Crippen molar-refractivity contribution in [3.05, 3.63) is 62.0 Å². The summed E-state index contributed by atoms with van der Waals surface area (Å²) < 4.78 is 6.89. The second kappa shape index (κ2) is 5.57. The van der Waals surface area contributed by atoms with Crippen LogP contribution in [0.1, 0.15) is 29.8 Å². The number of aliphatic hydroxyl groups excluding tert-OH is 1. The van der Waals surface area contributed by atoms with Gasteiger partial charge in [0.25, 0.3) is 0 Å². The first-order valence-electron chi connectivity index (χ1n) is 6.13. The topological polar surface area (TPSA) is 29.5 Å². The van der Waals surface area contributed by atoms with E-state index in [9.17, 15) is 5.11 Å². The van der Waals surface area contributed by atoms with E-state index in [-0.39, 0.29) is 6.10 Å². The predicted octanol–water partition coefficient (Wildman–Crippen LogP) is 5.31. The molecule has 0 saturated carbocycles. The standard InChI is InChI=1S/C15H11BrCl2O2/c16-12-3-1-8(17)5-10(12)15-7-13(19)11-6-9(18)2-4-14(11)20-15/h1-6,13,15,19H,7H2/t13-,15?/m1/s1. The van der Waals surface area contributed by atoms with Gasteiger partial charge in [0.1, 0.15) is 11.9 Å². The lowest BCUT2D eigenvalue weighted by molar-refractivity contribution is 0.0654. The molecule has 0 saturated heterocycles. The molecule has 2 nitrogen and oxygen atoms in total. The molecule has 0 aliphatic carbocycles. The molecule has 2 aromatic carbocycles. The van der Waals surface area contributed by atoms with E-state index < -0.39 is 6.10 Å². The summed E-state index contributed by atoms with van der Waals surface area (Å²) in [4.78, 5) is 0. The fourth-order valence-corrected chi connectivity index (χ4v) is 3.23. The Bertz CT molecular complexity index is 660. The van der Waals surface area contributed by atoms with Crippen molar-refractivity contribution in [2.75, 3.05) is 0 Å². The minimum atomic E-state index is -0.603. The van der Waals surface area contributed by atoms with Crippen LogP contribution in [-0.4, -0.2) is 5.11 Å². The molecule has 104 valence electrons. The molecule has 0 aromatic heterocycles. The lowest BCUT2D eigenvalue weighted by Gasteiger charge is -2.30. The van der Waals surface area contributed by atoms with Crippen LogP contribution in [0.3, 0.4) is 0 Å². The third-order valence-corrected chi connectivity index (χ3v) is 4.53. The maximum atomic E-state index is 10.3. The first-order chi connectivity index (χ1) is 9.54. The van der Waals surface area contributed by atoms with Crippen molar-refractivity contribution in [3.63, 3.8) is 0 Å². The maximum Gasteiger partial charge on any atom is 0.128 e. The van der Waals surface area contributed by atoms with Crippen LogP contribution < -0.4 is 4.74 Å². The van der Waals surface area contributed by atoms with Gasteiger partial charge >= 0.3 is 0 Å². The third-order valence-electron chi connectivity index (χ3n) is 3.34. The molecular formula is C15H11BrCl2O2. The second-order valence-corrected chi connectivity index (χ2v) is 6.43. The monoisotopic (exact) mass is 372 g/mol. The van der Waals surface area contributed by atoms with Crippen molar-refractivity contribution in [1.82, 2.24) is 0 Å². The number of hydrogen-bond acceptors (Lipinski definition) is 2. The largest absolute Gasteiger partial charge is 0.485 e. The Labute approximate surface area is 135 Å². The van der Waals surface area contributed by atoms with E-state index >= 15 is 0 Å². The summed E-state index contributed by atoms with van der Waals surface area (Å²) in [5.74, 6) is 0.657. The van der Waals surface area contributed by atoms with Gasteiger partial charge in [-0.2, -0.15) is 0 Å². The Morgan fingerprint density at radius 3 is 2.45 bits per heavy atom. The summed E-state index contributed by atoms with van der Waals surface area (Å²) in [5.41, 5.74) is 1.66. The van der Waals surface area contributed by atoms with Crippen LogP contribution in [0.15, 0.2) is 40.9 Å². The fourth-order valence-electron chi connectivity index (χ4n) is 2.37. The summed E-state index contributed by atoms with van der Waals surface area (Å²) >= 11 is 15.5. The summed E-state index contributed by atoms with van der Waals surface area (Å²) in [6.07, 6.45) is -0.383. The average molecular weight is 374 g/mol. The highest BCUT2D eigenvalue weighted by Gasteiger charge is 2.29. The highest BCUT2D eigenvalue weighted by Crippen LogP contribution is 2.43. The number of aliphatic hydroxyl groups is 1. The lowest BCUT2D eigenvalue weighted by atomic mass is 9.95. The zero-order valence-corrected chi connectivity index (χ0v) is 13.4. The van der Waals surface area contributed by atoms with Crippen LogP contribution in [0.5, 0.6) is 5.75 Å². The molecule has 5 heteroatoms. The highest BCUT2D eigenvalue weighted by atomic mass is 79.9. The quantitative estimate of drug-likeness (QED) is 0.733. The van der Waals surface area contributed by atoms with Crippen LogP contribution in [0.25, 0.3) is 0 Å². The van der Waals surface area contributed by atoms with Gasteiger partial charge in [-0.05, 0) is 36.4 Å². The van der Waals surface area contributed by atoms with E-state index in [0.717, 1.165) is 15.6 Å². The number of benzene rings is 2. The molecule has 0 amide bonds. The van der Waals surface area contributed by atoms with Gasteiger partial charge in [0, 0.05) is 32.1 Å². The molecule has 3 rings (SSSR count). The average Bonchev–Trinajstić information content (AvgIpc) is 2.42. The van der Waals surface area contributed by atoms with Crippen molar-refractivity contribution in [2.24, 2.45) is 0 Å². The van der Waals surface area contributed by atoms with E-state index in [4.69, 9.17) is 27.9 Å². The smallest absolute Gasteiger partial charge is 0.128 e. The Morgan fingerprint density at radius 1 is 1.05 bits per heavy atom. The molecule has 20 heavy (non-hydrogen) atoms. The number of rotatable bonds is 1. The Hall–Kier alpha value is -0.740. The van der Waals surface area contributed by atoms with E-state index in [0.29, 0.717) is 22.2 Å². The van der Waals surface area contributed by atoms with Crippen molar-refractivity contribution >= 4 is 39.1 Å². The van der Waals surface area contributed by atoms with E-state index in [1.807, 2.05) is 18.2 Å². The van der Waals surface area contributed by atoms with Crippen LogP contribution in [0.4, 0.5) is 0 Å². The summed E-state index contributed by atoms with van der Waals surface area (Å²) in [6, 6.07) is 10.8. The van der Waals surface area contributed by atoms with Gasteiger partial charge in [-0.15, -0.1) is 0 Å². The zero-order chi connectivity index (χ0) is 14.3. The van der Waals surface area contributed by atoms with Crippen molar-refractivity contribution in [1.29, 1.82) is 0 Å². The second-order valence-electron chi connectivity index (χ2n) is 4.71. The van der Waals surface area contributed by atoms with Crippen molar-refractivity contribution < 1.29 is 9.84 Å². The summed E-state index contributed by atoms with van der Waals surface area (Å²) in [6.45, 7) is 0. The Kier molecular flexibility index (Phi) is 3.95. The Balaban J connectivity index is 1.99.